The van der Waals surface area contributed by atoms with Crippen molar-refractivity contribution in [1.29, 1.82) is 0 Å². The van der Waals surface area contributed by atoms with Crippen molar-refractivity contribution in [3.8, 4) is 0 Å². The highest BCUT2D eigenvalue weighted by molar-refractivity contribution is 7.92. The fourth-order valence-corrected chi connectivity index (χ4v) is 5.44. The number of hydrogen-bond acceptors (Lipinski definition) is 6. The lowest BCUT2D eigenvalue weighted by molar-refractivity contribution is 0.601. The molecule has 0 atom stereocenters. The highest BCUT2D eigenvalue weighted by atomic mass is 35.5. The van der Waals surface area contributed by atoms with Gasteiger partial charge < -0.3 is 10.6 Å². The van der Waals surface area contributed by atoms with Gasteiger partial charge in [0.25, 0.3) is 10.0 Å². The Morgan fingerprint density at radius 1 is 0.941 bits per heavy atom. The van der Waals surface area contributed by atoms with Crippen LogP contribution in [-0.4, -0.2) is 18.4 Å². The first-order valence-electron chi connectivity index (χ1n) is 10.7. The van der Waals surface area contributed by atoms with Gasteiger partial charge in [0, 0.05) is 23.1 Å². The molecule has 2 heterocycles. The number of nitrogens with one attached hydrogen (secondary N) is 3. The molecule has 5 rings (SSSR count). The van der Waals surface area contributed by atoms with Crippen molar-refractivity contribution in [2.75, 3.05) is 15.4 Å². The van der Waals surface area contributed by atoms with E-state index < -0.39 is 10.0 Å². The largest absolute Gasteiger partial charge is 0.340 e. The van der Waals surface area contributed by atoms with Crippen LogP contribution in [0.1, 0.15) is 16.7 Å². The van der Waals surface area contributed by atoms with Crippen molar-refractivity contribution in [3.63, 3.8) is 0 Å². The minimum atomic E-state index is -3.86. The maximum absolute atomic E-state index is 13.1. The molecule has 0 saturated heterocycles. The molecule has 172 valence electrons. The van der Waals surface area contributed by atoms with Crippen LogP contribution in [0, 0.1) is 6.92 Å². The Bertz CT molecular complexity index is 1490. The lowest BCUT2D eigenvalue weighted by Gasteiger charge is -2.16. The topological polar surface area (TPSA) is 96.0 Å². The van der Waals surface area contributed by atoms with Crippen LogP contribution in [-0.2, 0) is 22.9 Å². The van der Waals surface area contributed by atoms with E-state index in [0.29, 0.717) is 23.9 Å². The molecule has 0 saturated carbocycles. The monoisotopic (exact) mass is 491 g/mol. The standard InChI is InChI=1S/C25H22ClN5O2S/c1-16-15-27-25-29-19-6-4-5-17(13-19)9-10-18-14-20(28-24(16)30-25)11-12-22(18)31-34(32,33)23-8-3-2-7-21(23)26/h2-8,11-15,31H,9-10H2,1H3,(H2,27,28,29,30). The Morgan fingerprint density at radius 3 is 2.62 bits per heavy atom. The predicted molar refractivity (Wildman–Crippen MR) is 136 cm³/mol. The van der Waals surface area contributed by atoms with Gasteiger partial charge in [-0.2, -0.15) is 4.98 Å². The molecule has 7 nitrogen and oxygen atoms in total. The number of aryl methyl sites for hydroxylation is 3. The highest BCUT2D eigenvalue weighted by Gasteiger charge is 2.19. The van der Waals surface area contributed by atoms with Crippen LogP contribution in [0.4, 0.5) is 28.8 Å². The fraction of sp³-hybridized carbons (Fsp3) is 0.120. The molecule has 9 heteroatoms. The summed E-state index contributed by atoms with van der Waals surface area (Å²) in [6.45, 7) is 1.93. The van der Waals surface area contributed by atoms with E-state index in [-0.39, 0.29) is 9.92 Å². The minimum Gasteiger partial charge on any atom is -0.340 e. The third-order valence-electron chi connectivity index (χ3n) is 5.58. The highest BCUT2D eigenvalue weighted by Crippen LogP contribution is 2.30. The van der Waals surface area contributed by atoms with Crippen molar-refractivity contribution in [2.24, 2.45) is 0 Å². The Labute approximate surface area is 203 Å². The molecular weight excluding hydrogens is 470 g/mol. The molecule has 0 fully saturated rings. The summed E-state index contributed by atoms with van der Waals surface area (Å²) in [5.74, 6) is 1.16. The summed E-state index contributed by atoms with van der Waals surface area (Å²) in [6, 6.07) is 20.0. The molecule has 0 radical (unpaired) electrons. The lowest BCUT2D eigenvalue weighted by atomic mass is 10.0. The molecule has 34 heavy (non-hydrogen) atoms. The van der Waals surface area contributed by atoms with Crippen LogP contribution < -0.4 is 15.4 Å². The summed E-state index contributed by atoms with van der Waals surface area (Å²) in [7, 11) is -3.86. The van der Waals surface area contributed by atoms with Crippen LogP contribution in [0.25, 0.3) is 0 Å². The van der Waals surface area contributed by atoms with Gasteiger partial charge in [0.2, 0.25) is 5.95 Å². The molecule has 0 amide bonds. The quantitative estimate of drug-likeness (QED) is 0.334. The molecule has 1 aromatic heterocycles. The average molecular weight is 492 g/mol. The third-order valence-corrected chi connectivity index (χ3v) is 7.44. The Morgan fingerprint density at radius 2 is 1.76 bits per heavy atom. The second-order valence-corrected chi connectivity index (χ2v) is 10.1. The first kappa shape index (κ1) is 22.2. The van der Waals surface area contributed by atoms with E-state index in [2.05, 4.69) is 25.3 Å². The predicted octanol–water partition coefficient (Wildman–Crippen LogP) is 5.83. The smallest absolute Gasteiger partial charge is 0.263 e. The Hall–Kier alpha value is -3.62. The van der Waals surface area contributed by atoms with Gasteiger partial charge in [0.1, 0.15) is 10.7 Å². The molecule has 6 bridgehead atoms. The van der Waals surface area contributed by atoms with Crippen molar-refractivity contribution in [3.05, 3.63) is 94.6 Å². The molecule has 0 aliphatic carbocycles. The zero-order chi connectivity index (χ0) is 23.7. The lowest BCUT2D eigenvalue weighted by Crippen LogP contribution is -2.15. The van der Waals surface area contributed by atoms with Gasteiger partial charge in [0.05, 0.1) is 10.7 Å². The number of sulfonamides is 1. The number of hydrogen-bond donors (Lipinski definition) is 3. The van der Waals surface area contributed by atoms with E-state index in [9.17, 15) is 8.42 Å². The average Bonchev–Trinajstić information content (AvgIpc) is 2.81. The summed E-state index contributed by atoms with van der Waals surface area (Å²) in [5.41, 5.74) is 5.04. The number of rotatable bonds is 3. The van der Waals surface area contributed by atoms with Crippen LogP contribution in [0.2, 0.25) is 5.02 Å². The number of halogens is 1. The molecular formula is C25H22ClN5O2S. The van der Waals surface area contributed by atoms with Gasteiger partial charge in [-0.15, -0.1) is 0 Å². The maximum atomic E-state index is 13.1. The molecule has 1 aliphatic rings. The Balaban J connectivity index is 1.57. The van der Waals surface area contributed by atoms with Gasteiger partial charge in [-0.05, 0) is 73.4 Å². The maximum Gasteiger partial charge on any atom is 0.263 e. The van der Waals surface area contributed by atoms with Crippen LogP contribution in [0.5, 0.6) is 0 Å². The normalized spacial score (nSPS) is 12.9. The first-order chi connectivity index (χ1) is 16.4. The van der Waals surface area contributed by atoms with Gasteiger partial charge in [0.15, 0.2) is 0 Å². The van der Waals surface area contributed by atoms with Crippen molar-refractivity contribution in [1.82, 2.24) is 9.97 Å². The summed E-state index contributed by atoms with van der Waals surface area (Å²) < 4.78 is 28.9. The van der Waals surface area contributed by atoms with Crippen LogP contribution in [0.15, 0.2) is 77.8 Å². The van der Waals surface area contributed by atoms with Gasteiger partial charge in [-0.1, -0.05) is 35.9 Å². The second-order valence-electron chi connectivity index (χ2n) is 8.08. The number of aromatic nitrogens is 2. The van der Waals surface area contributed by atoms with E-state index in [0.717, 1.165) is 34.5 Å². The number of anilines is 5. The van der Waals surface area contributed by atoms with E-state index >= 15 is 0 Å². The summed E-state index contributed by atoms with van der Waals surface area (Å²) in [5, 5.41) is 6.77. The molecule has 4 aromatic rings. The number of nitrogens with zero attached hydrogens (tertiary/aromatic N) is 2. The van der Waals surface area contributed by atoms with Crippen LogP contribution in [0.3, 0.4) is 0 Å². The Kier molecular flexibility index (Phi) is 5.85. The third kappa shape index (κ3) is 4.69. The summed E-state index contributed by atoms with van der Waals surface area (Å²) >= 11 is 6.16. The first-order valence-corrected chi connectivity index (χ1v) is 12.6. The van der Waals surface area contributed by atoms with Crippen LogP contribution >= 0.6 is 11.6 Å². The molecule has 0 unspecified atom stereocenters. The summed E-state index contributed by atoms with van der Waals surface area (Å²) in [6.07, 6.45) is 3.10. The second kappa shape index (κ2) is 8.96. The van der Waals surface area contributed by atoms with Gasteiger partial charge >= 0.3 is 0 Å². The summed E-state index contributed by atoms with van der Waals surface area (Å²) in [4.78, 5) is 9.04. The minimum absolute atomic E-state index is 0.0404. The molecule has 3 aromatic carbocycles. The van der Waals surface area contributed by atoms with E-state index in [1.165, 1.54) is 6.07 Å². The van der Waals surface area contributed by atoms with Crippen molar-refractivity contribution >= 4 is 50.5 Å². The SMILES string of the molecule is Cc1cnc2nc1Nc1ccc(NS(=O)(=O)c3ccccc3Cl)c(c1)CCc1cccc(c1)N2. The molecule has 0 spiro atoms. The van der Waals surface area contributed by atoms with E-state index in [1.54, 1.807) is 30.5 Å². The molecule has 1 aliphatic heterocycles. The van der Waals surface area contributed by atoms with Crippen molar-refractivity contribution < 1.29 is 8.42 Å². The van der Waals surface area contributed by atoms with Gasteiger partial charge in [-0.25, -0.2) is 13.4 Å². The fourth-order valence-electron chi connectivity index (χ4n) is 3.82. The zero-order valence-corrected chi connectivity index (χ0v) is 19.9. The van der Waals surface area contributed by atoms with E-state index in [1.807, 2.05) is 43.3 Å². The number of benzene rings is 3. The van der Waals surface area contributed by atoms with Gasteiger partial charge in [-0.3, -0.25) is 4.72 Å². The molecule has 3 N–H and O–H groups in total. The van der Waals surface area contributed by atoms with E-state index in [4.69, 9.17) is 11.6 Å². The van der Waals surface area contributed by atoms with Crippen molar-refractivity contribution in [2.45, 2.75) is 24.7 Å². The number of fused-ring (bicyclic) bond motifs is 6. The zero-order valence-electron chi connectivity index (χ0n) is 18.3.